The molecule has 0 aromatic heterocycles. The highest BCUT2D eigenvalue weighted by molar-refractivity contribution is 7.90. The van der Waals surface area contributed by atoms with Crippen molar-refractivity contribution >= 4 is 21.6 Å². The molecule has 0 spiro atoms. The van der Waals surface area contributed by atoms with Crippen LogP contribution < -0.4 is 4.90 Å². The van der Waals surface area contributed by atoms with Crippen LogP contribution in [0.1, 0.15) is 58.4 Å². The molecular formula is C23H36N2O4S. The summed E-state index contributed by atoms with van der Waals surface area (Å²) in [4.78, 5) is 16.8. The van der Waals surface area contributed by atoms with E-state index in [-0.39, 0.29) is 6.09 Å². The van der Waals surface area contributed by atoms with Gasteiger partial charge in [-0.3, -0.25) is 0 Å². The van der Waals surface area contributed by atoms with E-state index in [0.29, 0.717) is 10.8 Å². The first-order valence-electron chi connectivity index (χ1n) is 11.1. The molecule has 168 valence electrons. The molecule has 0 aliphatic carbocycles. The minimum Gasteiger partial charge on any atom is -0.444 e. The Morgan fingerprint density at radius 3 is 2.47 bits per heavy atom. The zero-order chi connectivity index (χ0) is 21.9. The molecule has 0 saturated carbocycles. The summed E-state index contributed by atoms with van der Waals surface area (Å²) in [5, 5.41) is 0. The molecule has 2 heterocycles. The summed E-state index contributed by atoms with van der Waals surface area (Å²) < 4.78 is 29.0. The maximum absolute atomic E-state index is 12.2. The van der Waals surface area contributed by atoms with Gasteiger partial charge in [0, 0.05) is 38.1 Å². The highest BCUT2D eigenvalue weighted by Gasteiger charge is 2.27. The number of ether oxygens (including phenoxy) is 1. The fraction of sp³-hybridized carbons (Fsp3) is 0.696. The Bertz CT molecular complexity index is 852. The smallest absolute Gasteiger partial charge is 0.410 e. The van der Waals surface area contributed by atoms with E-state index in [1.165, 1.54) is 24.8 Å². The Morgan fingerprint density at radius 2 is 1.83 bits per heavy atom. The summed E-state index contributed by atoms with van der Waals surface area (Å²) in [6.07, 6.45) is 7.63. The number of unbranched alkanes of at least 4 members (excludes halogenated alkanes) is 1. The van der Waals surface area contributed by atoms with Gasteiger partial charge in [-0.15, -0.1) is 0 Å². The third kappa shape index (κ3) is 6.13. The molecule has 1 amide bonds. The van der Waals surface area contributed by atoms with Crippen molar-refractivity contribution in [2.75, 3.05) is 37.3 Å². The summed E-state index contributed by atoms with van der Waals surface area (Å²) in [6, 6.07) is 5.53. The summed E-state index contributed by atoms with van der Waals surface area (Å²) in [5.74, 6) is 0.687. The Balaban J connectivity index is 1.38. The third-order valence-electron chi connectivity index (χ3n) is 6.03. The SMILES string of the molecule is CC(C)(C)OC(=O)N1CCC(CCCCN2CCc3cc(S(C)(=O)=O)ccc32)CC1. The zero-order valence-corrected chi connectivity index (χ0v) is 19.6. The van der Waals surface area contributed by atoms with Crippen molar-refractivity contribution in [1.29, 1.82) is 0 Å². The number of benzene rings is 1. The molecule has 0 bridgehead atoms. The van der Waals surface area contributed by atoms with Crippen molar-refractivity contribution in [1.82, 2.24) is 4.90 Å². The fourth-order valence-corrected chi connectivity index (χ4v) is 5.05. The van der Waals surface area contributed by atoms with Gasteiger partial charge in [-0.05, 0) is 76.1 Å². The van der Waals surface area contributed by atoms with E-state index in [0.717, 1.165) is 57.4 Å². The molecule has 1 saturated heterocycles. The van der Waals surface area contributed by atoms with Gasteiger partial charge in [0.1, 0.15) is 5.60 Å². The molecule has 1 aromatic carbocycles. The molecule has 6 nitrogen and oxygen atoms in total. The van der Waals surface area contributed by atoms with Crippen LogP contribution >= 0.6 is 0 Å². The quantitative estimate of drug-likeness (QED) is 0.623. The summed E-state index contributed by atoms with van der Waals surface area (Å²) >= 11 is 0. The van der Waals surface area contributed by atoms with Crippen molar-refractivity contribution in [3.8, 4) is 0 Å². The summed E-state index contributed by atoms with van der Waals surface area (Å²) in [5.41, 5.74) is 1.90. The molecule has 7 heteroatoms. The van der Waals surface area contributed by atoms with E-state index < -0.39 is 15.4 Å². The van der Waals surface area contributed by atoms with Crippen molar-refractivity contribution in [3.63, 3.8) is 0 Å². The molecule has 0 atom stereocenters. The minimum absolute atomic E-state index is 0.187. The van der Waals surface area contributed by atoms with E-state index >= 15 is 0 Å². The number of rotatable bonds is 6. The van der Waals surface area contributed by atoms with Crippen molar-refractivity contribution in [2.24, 2.45) is 5.92 Å². The molecular weight excluding hydrogens is 400 g/mol. The average molecular weight is 437 g/mol. The number of sulfone groups is 1. The number of anilines is 1. The largest absolute Gasteiger partial charge is 0.444 e. The molecule has 2 aliphatic rings. The Morgan fingerprint density at radius 1 is 1.13 bits per heavy atom. The van der Waals surface area contributed by atoms with E-state index in [1.807, 2.05) is 37.8 Å². The van der Waals surface area contributed by atoms with Crippen molar-refractivity contribution in [2.45, 2.75) is 69.8 Å². The number of carbonyl (C=O) groups is 1. The molecule has 30 heavy (non-hydrogen) atoms. The number of likely N-dealkylation sites (tertiary alicyclic amines) is 1. The van der Waals surface area contributed by atoms with Crippen molar-refractivity contribution < 1.29 is 17.9 Å². The van der Waals surface area contributed by atoms with Gasteiger partial charge in [0.25, 0.3) is 0 Å². The molecule has 2 aliphatic heterocycles. The van der Waals surface area contributed by atoms with Gasteiger partial charge in [0.15, 0.2) is 9.84 Å². The van der Waals surface area contributed by atoms with Gasteiger partial charge in [0.05, 0.1) is 4.90 Å². The Kier molecular flexibility index (Phi) is 7.00. The number of piperidine rings is 1. The number of hydrogen-bond acceptors (Lipinski definition) is 5. The van der Waals surface area contributed by atoms with E-state index in [1.54, 1.807) is 6.07 Å². The maximum Gasteiger partial charge on any atom is 0.410 e. The molecule has 1 aromatic rings. The zero-order valence-electron chi connectivity index (χ0n) is 18.8. The predicted octanol–water partition coefficient (Wildman–Crippen LogP) is 4.27. The van der Waals surface area contributed by atoms with Crippen LogP contribution in [0.2, 0.25) is 0 Å². The molecule has 3 rings (SSSR count). The standard InChI is InChI=1S/C23H36N2O4S/c1-23(2,3)29-22(26)25-14-10-18(11-15-25)7-5-6-13-24-16-12-19-17-20(30(4,27)28)8-9-21(19)24/h8-9,17-18H,5-7,10-16H2,1-4H3. The van der Waals surface area contributed by atoms with Gasteiger partial charge in [-0.1, -0.05) is 12.8 Å². The Labute approximate surface area is 181 Å². The molecule has 0 radical (unpaired) electrons. The van der Waals surface area contributed by atoms with E-state index in [4.69, 9.17) is 4.74 Å². The second-order valence-electron chi connectivity index (χ2n) is 9.71. The van der Waals surface area contributed by atoms with Crippen LogP contribution in [-0.4, -0.2) is 57.4 Å². The highest BCUT2D eigenvalue weighted by Crippen LogP contribution is 2.31. The van der Waals surface area contributed by atoms with Crippen LogP contribution in [0.4, 0.5) is 10.5 Å². The van der Waals surface area contributed by atoms with E-state index in [9.17, 15) is 13.2 Å². The van der Waals surface area contributed by atoms with Crippen LogP contribution in [0.5, 0.6) is 0 Å². The number of amides is 1. The maximum atomic E-state index is 12.2. The predicted molar refractivity (Wildman–Crippen MR) is 120 cm³/mol. The van der Waals surface area contributed by atoms with Crippen LogP contribution in [0.15, 0.2) is 23.1 Å². The molecule has 0 N–H and O–H groups in total. The summed E-state index contributed by atoms with van der Waals surface area (Å²) in [6.45, 7) is 9.28. The second kappa shape index (κ2) is 9.16. The number of nitrogens with zero attached hydrogens (tertiary/aromatic N) is 2. The first kappa shape index (κ1) is 22.9. The number of carbonyl (C=O) groups excluding carboxylic acids is 1. The lowest BCUT2D eigenvalue weighted by atomic mass is 9.91. The monoisotopic (exact) mass is 436 g/mol. The lowest BCUT2D eigenvalue weighted by Gasteiger charge is -2.33. The normalized spacial score (nSPS) is 17.9. The highest BCUT2D eigenvalue weighted by atomic mass is 32.2. The van der Waals surface area contributed by atoms with Gasteiger partial charge in [-0.25, -0.2) is 13.2 Å². The first-order chi connectivity index (χ1) is 14.0. The first-order valence-corrected chi connectivity index (χ1v) is 13.0. The van der Waals surface area contributed by atoms with Crippen molar-refractivity contribution in [3.05, 3.63) is 23.8 Å². The number of fused-ring (bicyclic) bond motifs is 1. The van der Waals surface area contributed by atoms with E-state index in [2.05, 4.69) is 4.90 Å². The third-order valence-corrected chi connectivity index (χ3v) is 7.14. The van der Waals surface area contributed by atoms with Crippen LogP contribution in [0.25, 0.3) is 0 Å². The second-order valence-corrected chi connectivity index (χ2v) is 11.7. The van der Waals surface area contributed by atoms with Crippen LogP contribution in [0, 0.1) is 5.92 Å². The average Bonchev–Trinajstić information content (AvgIpc) is 3.06. The van der Waals surface area contributed by atoms with Crippen LogP contribution in [0.3, 0.4) is 0 Å². The minimum atomic E-state index is -3.14. The fourth-order valence-electron chi connectivity index (χ4n) is 4.38. The number of hydrogen-bond donors (Lipinski definition) is 0. The van der Waals surface area contributed by atoms with Crippen LogP contribution in [-0.2, 0) is 21.0 Å². The van der Waals surface area contributed by atoms with Gasteiger partial charge in [0.2, 0.25) is 0 Å². The van der Waals surface area contributed by atoms with Gasteiger partial charge < -0.3 is 14.5 Å². The molecule has 0 unspecified atom stereocenters. The Hall–Kier alpha value is -1.76. The topological polar surface area (TPSA) is 66.9 Å². The lowest BCUT2D eigenvalue weighted by molar-refractivity contribution is 0.0180. The van der Waals surface area contributed by atoms with Gasteiger partial charge in [-0.2, -0.15) is 0 Å². The summed E-state index contributed by atoms with van der Waals surface area (Å²) in [7, 11) is -3.14. The molecule has 1 fully saturated rings. The lowest BCUT2D eigenvalue weighted by Crippen LogP contribution is -2.41. The van der Waals surface area contributed by atoms with Gasteiger partial charge >= 0.3 is 6.09 Å².